The second-order valence-corrected chi connectivity index (χ2v) is 8.77. The number of allylic oxidation sites excluding steroid dienone is 1. The second kappa shape index (κ2) is 11.6. The fourth-order valence-corrected chi connectivity index (χ4v) is 4.50. The van der Waals surface area contributed by atoms with E-state index in [0.29, 0.717) is 34.4 Å². The summed E-state index contributed by atoms with van der Waals surface area (Å²) >= 11 is 0. The number of nitrogens with zero attached hydrogens (tertiary/aromatic N) is 3. The van der Waals surface area contributed by atoms with Crippen molar-refractivity contribution in [1.29, 1.82) is 5.26 Å². The molecule has 0 bridgehead atoms. The number of nitriles is 1. The Labute approximate surface area is 216 Å². The Morgan fingerprint density at radius 2 is 1.89 bits per heavy atom. The number of pyridine rings is 1. The third kappa shape index (κ3) is 5.56. The van der Waals surface area contributed by atoms with Crippen molar-refractivity contribution in [3.63, 3.8) is 0 Å². The average molecular weight is 500 g/mol. The van der Waals surface area contributed by atoms with Crippen LogP contribution in [0.1, 0.15) is 46.4 Å². The summed E-state index contributed by atoms with van der Waals surface area (Å²) in [4.78, 5) is 32.1. The Balaban J connectivity index is 1.71. The lowest BCUT2D eigenvalue weighted by atomic mass is 9.86. The van der Waals surface area contributed by atoms with Crippen LogP contribution < -0.4 is 9.47 Å². The molecule has 8 heteroatoms. The van der Waals surface area contributed by atoms with Gasteiger partial charge < -0.3 is 19.1 Å². The summed E-state index contributed by atoms with van der Waals surface area (Å²) in [6.07, 6.45) is 4.61. The lowest BCUT2D eigenvalue weighted by molar-refractivity contribution is -0.133. The topological polar surface area (TPSA) is 102 Å². The van der Waals surface area contributed by atoms with Crippen LogP contribution in [0.5, 0.6) is 11.5 Å². The zero-order valence-corrected chi connectivity index (χ0v) is 21.2. The molecule has 1 aromatic heterocycles. The Hall–Kier alpha value is -4.38. The van der Waals surface area contributed by atoms with Crippen LogP contribution in [0, 0.1) is 11.3 Å². The summed E-state index contributed by atoms with van der Waals surface area (Å²) in [6.45, 7) is -0.106. The van der Waals surface area contributed by atoms with Crippen molar-refractivity contribution in [2.75, 3.05) is 34.4 Å². The van der Waals surface area contributed by atoms with Gasteiger partial charge >= 0.3 is 5.97 Å². The molecule has 0 atom stereocenters. The normalized spacial score (nSPS) is 13.5. The molecule has 0 aliphatic heterocycles. The zero-order chi connectivity index (χ0) is 26.4. The molecule has 2 aromatic carbocycles. The first-order valence-electron chi connectivity index (χ1n) is 12.1. The number of ether oxygens (including phenoxy) is 3. The van der Waals surface area contributed by atoms with E-state index >= 15 is 0 Å². The van der Waals surface area contributed by atoms with Gasteiger partial charge in [0.1, 0.15) is 0 Å². The minimum absolute atomic E-state index is 0.216. The van der Waals surface area contributed by atoms with Crippen LogP contribution >= 0.6 is 0 Å². The first-order valence-corrected chi connectivity index (χ1v) is 12.1. The SMILES string of the molecule is COc1ccc(/C=C2\CCCc3c2nc2ccccc2c3C(=O)OCC(=O)N(C)CCC#N)cc1OC. The molecule has 0 saturated carbocycles. The Morgan fingerprint density at radius 3 is 2.65 bits per heavy atom. The van der Waals surface area contributed by atoms with Gasteiger partial charge in [0.15, 0.2) is 18.1 Å². The van der Waals surface area contributed by atoms with Crippen molar-refractivity contribution >= 4 is 34.4 Å². The first kappa shape index (κ1) is 25.7. The molecule has 1 heterocycles. The molecule has 0 fully saturated rings. The van der Waals surface area contributed by atoms with Crippen molar-refractivity contribution in [2.24, 2.45) is 0 Å². The Morgan fingerprint density at radius 1 is 1.11 bits per heavy atom. The van der Waals surface area contributed by atoms with E-state index in [1.54, 1.807) is 21.3 Å². The molecule has 1 amide bonds. The van der Waals surface area contributed by atoms with Gasteiger partial charge in [-0.3, -0.25) is 4.79 Å². The second-order valence-electron chi connectivity index (χ2n) is 8.77. The Kier molecular flexibility index (Phi) is 8.04. The summed E-state index contributed by atoms with van der Waals surface area (Å²) in [5, 5.41) is 9.44. The van der Waals surface area contributed by atoms with Crippen LogP contribution in [-0.2, 0) is 16.0 Å². The van der Waals surface area contributed by atoms with E-state index in [4.69, 9.17) is 24.5 Å². The highest BCUT2D eigenvalue weighted by molar-refractivity contribution is 6.07. The van der Waals surface area contributed by atoms with Crippen LogP contribution in [-0.4, -0.2) is 56.2 Å². The highest BCUT2D eigenvalue weighted by Crippen LogP contribution is 2.37. The molecule has 1 aliphatic carbocycles. The van der Waals surface area contributed by atoms with Crippen LogP contribution in [0.3, 0.4) is 0 Å². The fraction of sp³-hybridized carbons (Fsp3) is 0.310. The third-order valence-electron chi connectivity index (χ3n) is 6.43. The highest BCUT2D eigenvalue weighted by atomic mass is 16.5. The zero-order valence-electron chi connectivity index (χ0n) is 21.2. The summed E-state index contributed by atoms with van der Waals surface area (Å²) in [6, 6.07) is 15.2. The molecule has 37 heavy (non-hydrogen) atoms. The number of rotatable bonds is 8. The number of benzene rings is 2. The number of methoxy groups -OCH3 is 2. The summed E-state index contributed by atoms with van der Waals surface area (Å²) in [7, 11) is 4.78. The lowest BCUT2D eigenvalue weighted by Gasteiger charge is -2.23. The largest absolute Gasteiger partial charge is 0.493 e. The fourth-order valence-electron chi connectivity index (χ4n) is 4.50. The van der Waals surface area contributed by atoms with Gasteiger partial charge in [-0.2, -0.15) is 5.26 Å². The monoisotopic (exact) mass is 499 g/mol. The van der Waals surface area contributed by atoms with Crippen molar-refractivity contribution in [3.8, 4) is 17.6 Å². The maximum absolute atomic E-state index is 13.4. The Bertz CT molecular complexity index is 1410. The van der Waals surface area contributed by atoms with Gasteiger partial charge in [-0.15, -0.1) is 0 Å². The van der Waals surface area contributed by atoms with E-state index in [9.17, 15) is 9.59 Å². The van der Waals surface area contributed by atoms with E-state index in [-0.39, 0.29) is 25.5 Å². The molecule has 1 aliphatic rings. The molecule has 0 spiro atoms. The molecule has 0 radical (unpaired) electrons. The van der Waals surface area contributed by atoms with Crippen LogP contribution in [0.4, 0.5) is 0 Å². The molecule has 8 nitrogen and oxygen atoms in total. The van der Waals surface area contributed by atoms with Gasteiger partial charge in [0, 0.05) is 19.0 Å². The maximum Gasteiger partial charge on any atom is 0.339 e. The number of fused-ring (bicyclic) bond motifs is 2. The van der Waals surface area contributed by atoms with Gasteiger partial charge in [-0.25, -0.2) is 9.78 Å². The highest BCUT2D eigenvalue weighted by Gasteiger charge is 2.26. The van der Waals surface area contributed by atoms with E-state index < -0.39 is 5.97 Å². The maximum atomic E-state index is 13.4. The molecular formula is C29H29N3O5. The number of carbonyl (C=O) groups excluding carboxylic acids is 2. The van der Waals surface area contributed by atoms with E-state index in [1.165, 1.54) is 4.90 Å². The van der Waals surface area contributed by atoms with Crippen molar-refractivity contribution in [3.05, 3.63) is 64.8 Å². The summed E-state index contributed by atoms with van der Waals surface area (Å²) in [5.41, 5.74) is 4.68. The van der Waals surface area contributed by atoms with E-state index in [2.05, 4.69) is 6.08 Å². The quantitative estimate of drug-likeness (QED) is 0.416. The average Bonchev–Trinajstić information content (AvgIpc) is 2.93. The number of aromatic nitrogens is 1. The van der Waals surface area contributed by atoms with Gasteiger partial charge in [-0.1, -0.05) is 24.3 Å². The predicted molar refractivity (Wildman–Crippen MR) is 140 cm³/mol. The standard InChI is InChI=1S/C29H29N3O5/c1-32(15-7-14-30)26(33)18-37-29(34)27-21-9-4-5-11-23(21)31-28-20(8-6-10-22(27)28)16-19-12-13-24(35-2)25(17-19)36-3/h4-5,9,11-13,16-17H,6-8,10,15,18H2,1-3H3/b20-16+. The predicted octanol–water partition coefficient (Wildman–Crippen LogP) is 4.66. The number of hydrogen-bond donors (Lipinski definition) is 0. The van der Waals surface area contributed by atoms with Crippen molar-refractivity contribution in [1.82, 2.24) is 9.88 Å². The number of carbonyl (C=O) groups is 2. The van der Waals surface area contributed by atoms with Crippen LogP contribution in [0.15, 0.2) is 42.5 Å². The molecule has 0 N–H and O–H groups in total. The molecule has 4 rings (SSSR count). The summed E-state index contributed by atoms with van der Waals surface area (Å²) in [5.74, 6) is 0.373. The van der Waals surface area contributed by atoms with E-state index in [0.717, 1.165) is 35.2 Å². The summed E-state index contributed by atoms with van der Waals surface area (Å²) < 4.78 is 16.3. The smallest absolute Gasteiger partial charge is 0.339 e. The third-order valence-corrected chi connectivity index (χ3v) is 6.43. The number of hydrogen-bond acceptors (Lipinski definition) is 7. The van der Waals surface area contributed by atoms with E-state index in [1.807, 2.05) is 48.5 Å². The van der Waals surface area contributed by atoms with Gasteiger partial charge in [0.25, 0.3) is 5.91 Å². The number of para-hydroxylation sites is 1. The minimum atomic E-state index is -0.552. The van der Waals surface area contributed by atoms with Crippen molar-refractivity contribution < 1.29 is 23.8 Å². The number of esters is 1. The van der Waals surface area contributed by atoms with Gasteiger partial charge in [0.05, 0.1) is 43.5 Å². The molecule has 3 aromatic rings. The molecular weight excluding hydrogens is 470 g/mol. The minimum Gasteiger partial charge on any atom is -0.493 e. The van der Waals surface area contributed by atoms with Gasteiger partial charge in [0.2, 0.25) is 0 Å². The van der Waals surface area contributed by atoms with Crippen LogP contribution in [0.2, 0.25) is 0 Å². The van der Waals surface area contributed by atoms with Gasteiger partial charge in [-0.05, 0) is 60.2 Å². The number of likely N-dealkylation sites (N-methyl/N-ethyl adjacent to an activating group) is 1. The lowest BCUT2D eigenvalue weighted by Crippen LogP contribution is -2.32. The molecule has 190 valence electrons. The van der Waals surface area contributed by atoms with Crippen LogP contribution in [0.25, 0.3) is 22.6 Å². The molecule has 0 unspecified atom stereocenters. The first-order chi connectivity index (χ1) is 18.0. The van der Waals surface area contributed by atoms with Crippen molar-refractivity contribution in [2.45, 2.75) is 25.7 Å². The number of amides is 1. The molecule has 0 saturated heterocycles.